The molecular formula is C26H39N3O4. The van der Waals surface area contributed by atoms with Gasteiger partial charge in [-0.2, -0.15) is 0 Å². The highest BCUT2D eigenvalue weighted by Crippen LogP contribution is 2.39. The zero-order valence-electron chi connectivity index (χ0n) is 21.1. The molecule has 0 saturated carbocycles. The van der Waals surface area contributed by atoms with Crippen LogP contribution in [0, 0.1) is 6.92 Å². The van der Waals surface area contributed by atoms with Crippen molar-refractivity contribution in [2.45, 2.75) is 33.7 Å². The number of benzene rings is 2. The van der Waals surface area contributed by atoms with Gasteiger partial charge in [0.25, 0.3) is 5.91 Å². The van der Waals surface area contributed by atoms with Crippen LogP contribution in [0.1, 0.15) is 49.7 Å². The maximum atomic E-state index is 13.1. The first-order valence-electron chi connectivity index (χ1n) is 11.2. The van der Waals surface area contributed by atoms with Gasteiger partial charge in [0.05, 0.1) is 27.4 Å². The van der Waals surface area contributed by atoms with E-state index in [0.717, 1.165) is 29.9 Å². The summed E-state index contributed by atoms with van der Waals surface area (Å²) in [5.74, 6) is 1.51. The lowest BCUT2D eigenvalue weighted by Gasteiger charge is -2.29. The van der Waals surface area contributed by atoms with Gasteiger partial charge in [0.1, 0.15) is 0 Å². The monoisotopic (exact) mass is 457 g/mol. The summed E-state index contributed by atoms with van der Waals surface area (Å²) in [6, 6.07) is 9.43. The molecular weight excluding hydrogens is 418 g/mol. The number of nitrogens with zero attached hydrogens (tertiary/aromatic N) is 2. The number of amides is 1. The van der Waals surface area contributed by atoms with Crippen molar-refractivity contribution in [1.29, 1.82) is 0 Å². The Morgan fingerprint density at radius 1 is 1.00 bits per heavy atom. The fourth-order valence-electron chi connectivity index (χ4n) is 3.57. The van der Waals surface area contributed by atoms with Crippen LogP contribution >= 0.6 is 0 Å². The molecule has 2 aromatic rings. The minimum absolute atomic E-state index is 0. The van der Waals surface area contributed by atoms with Gasteiger partial charge in [-0.1, -0.05) is 19.9 Å². The Labute approximate surface area is 199 Å². The Morgan fingerprint density at radius 3 is 2.15 bits per heavy atom. The third-order valence-electron chi connectivity index (χ3n) is 5.53. The highest BCUT2D eigenvalue weighted by molar-refractivity contribution is 5.97. The number of likely N-dealkylation sites (N-methyl/N-ethyl adjacent to an activating group) is 1. The van der Waals surface area contributed by atoms with Crippen molar-refractivity contribution >= 4 is 11.6 Å². The second-order valence-corrected chi connectivity index (χ2v) is 7.63. The van der Waals surface area contributed by atoms with E-state index < -0.39 is 0 Å². The van der Waals surface area contributed by atoms with E-state index in [4.69, 9.17) is 14.2 Å². The van der Waals surface area contributed by atoms with Gasteiger partial charge in [-0.25, -0.2) is 0 Å². The lowest BCUT2D eigenvalue weighted by molar-refractivity contribution is 0.0939. The third kappa shape index (κ3) is 6.12. The summed E-state index contributed by atoms with van der Waals surface area (Å²) >= 11 is 0. The van der Waals surface area contributed by atoms with Gasteiger partial charge in [0.2, 0.25) is 5.75 Å². The molecule has 182 valence electrons. The van der Waals surface area contributed by atoms with Crippen molar-refractivity contribution in [2.75, 3.05) is 46.4 Å². The van der Waals surface area contributed by atoms with Gasteiger partial charge in [-0.05, 0) is 49.2 Å². The maximum absolute atomic E-state index is 13.1. The summed E-state index contributed by atoms with van der Waals surface area (Å²) in [5.41, 5.74) is 3.44. The number of hydrogen-bond donors (Lipinski definition) is 1. The zero-order valence-corrected chi connectivity index (χ0v) is 21.1. The van der Waals surface area contributed by atoms with E-state index in [1.54, 1.807) is 21.3 Å². The summed E-state index contributed by atoms with van der Waals surface area (Å²) in [5, 5.41) is 3.09. The molecule has 3 rings (SSSR count). The predicted octanol–water partition coefficient (Wildman–Crippen LogP) is 5.01. The normalized spacial score (nSPS) is 13.6. The first-order valence-corrected chi connectivity index (χ1v) is 11.2. The number of methoxy groups -OCH3 is 3. The number of carbonyl (C=O) groups is 1. The van der Waals surface area contributed by atoms with Gasteiger partial charge < -0.3 is 29.3 Å². The van der Waals surface area contributed by atoms with Crippen LogP contribution in [0.4, 0.5) is 5.69 Å². The van der Waals surface area contributed by atoms with Crippen molar-refractivity contribution in [2.24, 2.45) is 0 Å². The molecule has 1 atom stereocenters. The number of aryl methyl sites for hydroxylation is 1. The topological polar surface area (TPSA) is 63.3 Å². The number of ether oxygens (including phenoxy) is 3. The van der Waals surface area contributed by atoms with Crippen LogP contribution in [0.2, 0.25) is 0 Å². The number of hydrogen-bond acceptors (Lipinski definition) is 6. The summed E-state index contributed by atoms with van der Waals surface area (Å²) in [6.45, 7) is 9.69. The summed E-state index contributed by atoms with van der Waals surface area (Å²) in [4.78, 5) is 17.4. The number of nitrogens with one attached hydrogen (secondary N) is 1. The Balaban J connectivity index is 0.00000188. The average molecular weight is 458 g/mol. The van der Waals surface area contributed by atoms with Crippen LogP contribution in [0.3, 0.4) is 0 Å². The second-order valence-electron chi connectivity index (χ2n) is 7.63. The molecule has 1 aliphatic heterocycles. The molecule has 0 aromatic heterocycles. The van der Waals surface area contributed by atoms with Crippen molar-refractivity contribution in [3.63, 3.8) is 0 Å². The Kier molecular flexibility index (Phi) is 9.45. The van der Waals surface area contributed by atoms with Crippen LogP contribution in [0.25, 0.3) is 0 Å². The van der Waals surface area contributed by atoms with Crippen molar-refractivity contribution < 1.29 is 20.4 Å². The standard InChI is InChI=1S/C24H31N3O4.C2H6.H2/c1-16-7-8-19(27-11-9-26(3)10-12-27)15-20(16)24(28)25-17(2)18-13-21(29-4)23(31-6)22(14-18)30-5;1-2;/h7-9,11,13-15,17H,10,12H2,1-6H3,(H,25,28);1-2H3;1H/t17-;;/m1../s1. The minimum Gasteiger partial charge on any atom is -0.493 e. The molecule has 1 heterocycles. The van der Waals surface area contributed by atoms with E-state index in [-0.39, 0.29) is 13.4 Å². The fourth-order valence-corrected chi connectivity index (χ4v) is 3.57. The molecule has 0 bridgehead atoms. The van der Waals surface area contributed by atoms with Crippen LogP contribution in [0.15, 0.2) is 42.7 Å². The molecule has 7 heteroatoms. The van der Waals surface area contributed by atoms with E-state index >= 15 is 0 Å². The van der Waals surface area contributed by atoms with Crippen molar-refractivity contribution in [3.05, 3.63) is 59.4 Å². The second kappa shape index (κ2) is 12.0. The number of carbonyl (C=O) groups excluding carboxylic acids is 1. The first-order chi connectivity index (χ1) is 15.9. The molecule has 2 aromatic carbocycles. The highest BCUT2D eigenvalue weighted by Gasteiger charge is 2.20. The molecule has 1 amide bonds. The lowest BCUT2D eigenvalue weighted by Crippen LogP contribution is -2.32. The molecule has 0 saturated heterocycles. The van der Waals surface area contributed by atoms with E-state index in [1.807, 2.05) is 77.5 Å². The van der Waals surface area contributed by atoms with Crippen LogP contribution in [-0.2, 0) is 0 Å². The SMILES string of the molecule is CC.COc1cc([C@@H](C)NC(=O)c2cc(N3C=CN(C)CC3)ccc2C)cc(OC)c1OC.[HH]. The van der Waals surface area contributed by atoms with E-state index in [2.05, 4.69) is 15.1 Å². The van der Waals surface area contributed by atoms with E-state index in [9.17, 15) is 4.79 Å². The zero-order chi connectivity index (χ0) is 24.5. The van der Waals surface area contributed by atoms with E-state index in [0.29, 0.717) is 22.8 Å². The smallest absolute Gasteiger partial charge is 0.252 e. The maximum Gasteiger partial charge on any atom is 0.252 e. The minimum atomic E-state index is -0.257. The van der Waals surface area contributed by atoms with E-state index in [1.165, 1.54) is 0 Å². The number of anilines is 1. The van der Waals surface area contributed by atoms with Crippen LogP contribution < -0.4 is 24.4 Å². The molecule has 0 unspecified atom stereocenters. The Hall–Kier alpha value is -3.35. The molecule has 0 fully saturated rings. The Bertz CT molecular complexity index is 956. The summed E-state index contributed by atoms with van der Waals surface area (Å²) in [6.07, 6.45) is 4.07. The molecule has 0 aliphatic carbocycles. The summed E-state index contributed by atoms with van der Waals surface area (Å²) in [7, 11) is 6.76. The third-order valence-corrected chi connectivity index (χ3v) is 5.53. The van der Waals surface area contributed by atoms with Gasteiger partial charge in [0, 0.05) is 45.2 Å². The van der Waals surface area contributed by atoms with Crippen LogP contribution in [-0.4, -0.2) is 52.3 Å². The Morgan fingerprint density at radius 2 is 1.64 bits per heavy atom. The molecule has 1 N–H and O–H groups in total. The predicted molar refractivity (Wildman–Crippen MR) is 136 cm³/mol. The molecule has 7 nitrogen and oxygen atoms in total. The van der Waals surface area contributed by atoms with Crippen LogP contribution in [0.5, 0.6) is 17.2 Å². The average Bonchev–Trinajstić information content (AvgIpc) is 2.84. The molecule has 0 radical (unpaired) electrons. The molecule has 33 heavy (non-hydrogen) atoms. The van der Waals surface area contributed by atoms with Gasteiger partial charge in [0.15, 0.2) is 11.5 Å². The van der Waals surface area contributed by atoms with Crippen molar-refractivity contribution in [3.8, 4) is 17.2 Å². The lowest BCUT2D eigenvalue weighted by atomic mass is 10.0. The van der Waals surface area contributed by atoms with Gasteiger partial charge >= 0.3 is 0 Å². The van der Waals surface area contributed by atoms with Gasteiger partial charge in [-0.15, -0.1) is 0 Å². The number of rotatable bonds is 7. The van der Waals surface area contributed by atoms with Gasteiger partial charge in [-0.3, -0.25) is 4.79 Å². The van der Waals surface area contributed by atoms with Crippen molar-refractivity contribution in [1.82, 2.24) is 10.2 Å². The molecule has 1 aliphatic rings. The molecule has 0 spiro atoms. The highest BCUT2D eigenvalue weighted by atomic mass is 16.5. The quantitative estimate of drug-likeness (QED) is 0.631. The summed E-state index contributed by atoms with van der Waals surface area (Å²) < 4.78 is 16.3. The fraction of sp³-hybridized carbons (Fsp3) is 0.423. The largest absolute Gasteiger partial charge is 0.493 e. The first kappa shape index (κ1) is 25.9.